The van der Waals surface area contributed by atoms with E-state index >= 15 is 0 Å². The first kappa shape index (κ1) is 15.5. The van der Waals surface area contributed by atoms with Crippen LogP contribution in [0.25, 0.3) is 11.3 Å². The van der Waals surface area contributed by atoms with Gasteiger partial charge in [-0.1, -0.05) is 50.2 Å². The highest BCUT2D eigenvalue weighted by molar-refractivity contribution is 5.58. The second kappa shape index (κ2) is 7.23. The number of pyridine rings is 1. The molecule has 0 radical (unpaired) electrons. The molecule has 0 bridgehead atoms. The van der Waals surface area contributed by atoms with E-state index in [4.69, 9.17) is 0 Å². The second-order valence-electron chi connectivity index (χ2n) is 5.66. The van der Waals surface area contributed by atoms with E-state index in [1.807, 2.05) is 44.4 Å². The van der Waals surface area contributed by atoms with Crippen molar-refractivity contribution in [3.63, 3.8) is 0 Å². The van der Waals surface area contributed by atoms with Crippen molar-refractivity contribution >= 4 is 0 Å². The quantitative estimate of drug-likeness (QED) is 0.712. The van der Waals surface area contributed by atoms with Crippen LogP contribution in [0.3, 0.4) is 0 Å². The highest BCUT2D eigenvalue weighted by Crippen LogP contribution is 2.45. The Labute approximate surface area is 139 Å². The van der Waals surface area contributed by atoms with Gasteiger partial charge in [-0.3, -0.25) is 4.98 Å². The molecule has 1 aliphatic carbocycles. The standard InChI is InChI=1S/C18H17N3.C2H6.H2/c1-2-4-13(5-3-1)16-9-8-15(10-20-16)18(14-6-7-14)17-11-19-12-21-17;1-2;/h1-5,8-12,14,18H,6-7H2,(H,19,21);1-2H3;1H. The molecule has 0 saturated heterocycles. The summed E-state index contributed by atoms with van der Waals surface area (Å²) in [6, 6.07) is 14.6. The van der Waals surface area contributed by atoms with Crippen LogP contribution in [-0.2, 0) is 0 Å². The molecule has 3 aromatic rings. The first-order chi connectivity index (χ1) is 11.4. The van der Waals surface area contributed by atoms with Crippen LogP contribution >= 0.6 is 0 Å². The van der Waals surface area contributed by atoms with Gasteiger partial charge >= 0.3 is 0 Å². The number of hydrogen-bond donors (Lipinski definition) is 1. The van der Waals surface area contributed by atoms with Crippen LogP contribution in [0, 0.1) is 5.92 Å². The fourth-order valence-corrected chi connectivity index (χ4v) is 2.94. The number of aromatic nitrogens is 3. The molecule has 1 N–H and O–H groups in total. The van der Waals surface area contributed by atoms with E-state index in [1.54, 1.807) is 6.33 Å². The average Bonchev–Trinajstić information content (AvgIpc) is 3.32. The van der Waals surface area contributed by atoms with Crippen molar-refractivity contribution in [3.05, 3.63) is 72.4 Å². The molecule has 2 aromatic heterocycles. The summed E-state index contributed by atoms with van der Waals surface area (Å²) < 4.78 is 0. The molecule has 1 aromatic carbocycles. The van der Waals surface area contributed by atoms with Crippen LogP contribution in [0.1, 0.15) is 45.3 Å². The molecule has 3 heteroatoms. The van der Waals surface area contributed by atoms with Gasteiger partial charge in [0, 0.05) is 31.0 Å². The van der Waals surface area contributed by atoms with Gasteiger partial charge in [-0.25, -0.2) is 4.98 Å². The van der Waals surface area contributed by atoms with Crippen LogP contribution in [0.15, 0.2) is 61.2 Å². The molecule has 3 nitrogen and oxygen atoms in total. The lowest BCUT2D eigenvalue weighted by Crippen LogP contribution is -2.04. The Hall–Kier alpha value is -2.42. The Bertz CT molecular complexity index is 704. The highest BCUT2D eigenvalue weighted by atomic mass is 14.9. The SMILES string of the molecule is CC.[HH].c1ccc(-c2ccc(C(c3cnc[nH]3)C3CC3)cn2)cc1. The maximum absolute atomic E-state index is 4.66. The Morgan fingerprint density at radius 3 is 2.39 bits per heavy atom. The number of H-pyrrole nitrogens is 1. The number of nitrogens with zero attached hydrogens (tertiary/aromatic N) is 2. The topological polar surface area (TPSA) is 41.6 Å². The summed E-state index contributed by atoms with van der Waals surface area (Å²) in [5.41, 5.74) is 4.67. The monoisotopic (exact) mass is 307 g/mol. The lowest BCUT2D eigenvalue weighted by atomic mass is 9.92. The van der Waals surface area contributed by atoms with E-state index < -0.39 is 0 Å². The third-order valence-electron chi connectivity index (χ3n) is 4.16. The molecule has 23 heavy (non-hydrogen) atoms. The minimum Gasteiger partial charge on any atom is -0.348 e. The summed E-state index contributed by atoms with van der Waals surface area (Å²) in [6.07, 6.45) is 8.31. The van der Waals surface area contributed by atoms with E-state index in [1.165, 1.54) is 24.1 Å². The second-order valence-corrected chi connectivity index (χ2v) is 5.66. The molecule has 1 aliphatic rings. The van der Waals surface area contributed by atoms with Gasteiger partial charge in [0.2, 0.25) is 0 Å². The zero-order valence-electron chi connectivity index (χ0n) is 13.7. The molecule has 1 saturated carbocycles. The Kier molecular flexibility index (Phi) is 4.86. The zero-order chi connectivity index (χ0) is 16.1. The third kappa shape index (κ3) is 3.50. The summed E-state index contributed by atoms with van der Waals surface area (Å²) in [7, 11) is 0. The van der Waals surface area contributed by atoms with Gasteiger partial charge in [-0.2, -0.15) is 0 Å². The first-order valence-corrected chi connectivity index (χ1v) is 8.41. The van der Waals surface area contributed by atoms with Crippen molar-refractivity contribution < 1.29 is 1.43 Å². The van der Waals surface area contributed by atoms with E-state index in [2.05, 4.69) is 39.2 Å². The van der Waals surface area contributed by atoms with E-state index in [9.17, 15) is 0 Å². The van der Waals surface area contributed by atoms with Gasteiger partial charge in [0.1, 0.15) is 0 Å². The largest absolute Gasteiger partial charge is 0.348 e. The molecular weight excluding hydrogens is 282 g/mol. The van der Waals surface area contributed by atoms with E-state index in [0.29, 0.717) is 5.92 Å². The van der Waals surface area contributed by atoms with Gasteiger partial charge in [0.05, 0.1) is 12.0 Å². The lowest BCUT2D eigenvalue weighted by molar-refractivity contribution is 0.684. The molecule has 4 rings (SSSR count). The predicted molar refractivity (Wildman–Crippen MR) is 96.3 cm³/mol. The van der Waals surface area contributed by atoms with Crippen molar-refractivity contribution in [2.75, 3.05) is 0 Å². The predicted octanol–water partition coefficient (Wildman–Crippen LogP) is 5.29. The summed E-state index contributed by atoms with van der Waals surface area (Å²) in [6.45, 7) is 4.00. The Balaban J connectivity index is 0.000000670. The van der Waals surface area contributed by atoms with Crippen LogP contribution in [0.4, 0.5) is 0 Å². The van der Waals surface area contributed by atoms with Crippen molar-refractivity contribution in [3.8, 4) is 11.3 Å². The summed E-state index contributed by atoms with van der Waals surface area (Å²) in [5.74, 6) is 1.14. The van der Waals surface area contributed by atoms with E-state index in [0.717, 1.165) is 17.2 Å². The molecule has 0 aliphatic heterocycles. The fraction of sp³-hybridized carbons (Fsp3) is 0.300. The molecule has 2 heterocycles. The van der Waals surface area contributed by atoms with Crippen molar-refractivity contribution in [2.24, 2.45) is 5.92 Å². The molecule has 1 unspecified atom stereocenters. The average molecular weight is 307 g/mol. The molecular formula is C20H25N3. The van der Waals surface area contributed by atoms with Crippen LogP contribution in [0.5, 0.6) is 0 Å². The summed E-state index contributed by atoms with van der Waals surface area (Å²) >= 11 is 0. The highest BCUT2D eigenvalue weighted by Gasteiger charge is 2.34. The lowest BCUT2D eigenvalue weighted by Gasteiger charge is -2.15. The van der Waals surface area contributed by atoms with E-state index in [-0.39, 0.29) is 1.43 Å². The maximum Gasteiger partial charge on any atom is 0.0921 e. The van der Waals surface area contributed by atoms with Crippen LogP contribution in [0.2, 0.25) is 0 Å². The third-order valence-corrected chi connectivity index (χ3v) is 4.16. The zero-order valence-corrected chi connectivity index (χ0v) is 13.7. The molecule has 120 valence electrons. The smallest absolute Gasteiger partial charge is 0.0921 e. The van der Waals surface area contributed by atoms with Crippen molar-refractivity contribution in [1.82, 2.24) is 15.0 Å². The van der Waals surface area contributed by atoms with Gasteiger partial charge in [0.25, 0.3) is 0 Å². The Morgan fingerprint density at radius 2 is 1.83 bits per heavy atom. The summed E-state index contributed by atoms with van der Waals surface area (Å²) in [5, 5.41) is 0. The molecule has 0 amide bonds. The van der Waals surface area contributed by atoms with Gasteiger partial charge < -0.3 is 4.98 Å². The molecule has 1 atom stereocenters. The van der Waals surface area contributed by atoms with Gasteiger partial charge in [-0.15, -0.1) is 0 Å². The van der Waals surface area contributed by atoms with Gasteiger partial charge in [0.15, 0.2) is 0 Å². The fourth-order valence-electron chi connectivity index (χ4n) is 2.94. The number of rotatable bonds is 4. The maximum atomic E-state index is 4.66. The normalized spacial score (nSPS) is 14.7. The van der Waals surface area contributed by atoms with Gasteiger partial charge in [-0.05, 0) is 30.4 Å². The number of hydrogen-bond acceptors (Lipinski definition) is 2. The number of aromatic amines is 1. The molecule has 1 fully saturated rings. The van der Waals surface area contributed by atoms with Crippen LogP contribution < -0.4 is 0 Å². The number of imidazole rings is 1. The van der Waals surface area contributed by atoms with Crippen molar-refractivity contribution in [1.29, 1.82) is 0 Å². The summed E-state index contributed by atoms with van der Waals surface area (Å²) in [4.78, 5) is 12.1. The number of nitrogens with one attached hydrogen (secondary N) is 1. The minimum atomic E-state index is 0. The van der Waals surface area contributed by atoms with Crippen molar-refractivity contribution in [2.45, 2.75) is 32.6 Å². The van der Waals surface area contributed by atoms with Crippen LogP contribution in [-0.4, -0.2) is 15.0 Å². The first-order valence-electron chi connectivity index (χ1n) is 8.41. The number of benzene rings is 1. The Morgan fingerprint density at radius 1 is 1.04 bits per heavy atom. The minimum absolute atomic E-state index is 0. The molecule has 0 spiro atoms.